The monoisotopic (exact) mass is 362 g/mol. The molecule has 1 unspecified atom stereocenters. The highest BCUT2D eigenvalue weighted by Gasteiger charge is 2.18. The van der Waals surface area contributed by atoms with Gasteiger partial charge in [0.05, 0.1) is 23.2 Å². The Hall–Kier alpha value is -3.58. The zero-order valence-electron chi connectivity index (χ0n) is 14.4. The number of carbonyl (C=O) groups is 1. The Morgan fingerprint density at radius 1 is 1.00 bits per heavy atom. The molecule has 0 aliphatic rings. The molecule has 7 heteroatoms. The average molecular weight is 362 g/mol. The normalized spacial score (nSPS) is 11.6. The maximum absolute atomic E-state index is 12.3. The summed E-state index contributed by atoms with van der Waals surface area (Å²) in [6.07, 6.45) is 1.69. The third-order valence-electron chi connectivity index (χ3n) is 3.96. The molecule has 0 radical (unpaired) electrons. The molecule has 0 spiro atoms. The first-order valence-corrected chi connectivity index (χ1v) is 8.37. The number of hydrogen-bond donors (Lipinski definition) is 2. The fourth-order valence-electron chi connectivity index (χ4n) is 2.71. The average Bonchev–Trinajstić information content (AvgIpc) is 2.70. The van der Waals surface area contributed by atoms with Crippen LogP contribution in [-0.2, 0) is 4.79 Å². The van der Waals surface area contributed by atoms with Gasteiger partial charge in [0.2, 0.25) is 5.91 Å². The van der Waals surface area contributed by atoms with Gasteiger partial charge in [0.1, 0.15) is 5.69 Å². The van der Waals surface area contributed by atoms with Gasteiger partial charge in [-0.2, -0.15) is 0 Å². The number of rotatable bonds is 7. The van der Waals surface area contributed by atoms with Crippen LogP contribution in [0.4, 0.5) is 11.4 Å². The van der Waals surface area contributed by atoms with Crippen molar-refractivity contribution in [2.24, 2.45) is 0 Å². The van der Waals surface area contributed by atoms with E-state index in [-0.39, 0.29) is 29.9 Å². The Labute approximate surface area is 156 Å². The van der Waals surface area contributed by atoms with Crippen LogP contribution in [0.25, 0.3) is 0 Å². The summed E-state index contributed by atoms with van der Waals surface area (Å²) in [4.78, 5) is 27.3. The van der Waals surface area contributed by atoms with Crippen LogP contribution in [0.2, 0.25) is 0 Å². The van der Waals surface area contributed by atoms with E-state index in [1.807, 2.05) is 48.5 Å². The van der Waals surface area contributed by atoms with E-state index >= 15 is 0 Å². The fourth-order valence-corrected chi connectivity index (χ4v) is 2.71. The van der Waals surface area contributed by atoms with Crippen LogP contribution in [0.1, 0.15) is 17.3 Å². The Balaban J connectivity index is 1.73. The second-order valence-electron chi connectivity index (χ2n) is 5.80. The number of nitro groups is 1. The van der Waals surface area contributed by atoms with Gasteiger partial charge in [-0.15, -0.1) is 0 Å². The number of amides is 1. The van der Waals surface area contributed by atoms with Crippen molar-refractivity contribution in [1.29, 1.82) is 0 Å². The third-order valence-corrected chi connectivity index (χ3v) is 3.96. The molecule has 1 heterocycles. The van der Waals surface area contributed by atoms with E-state index in [9.17, 15) is 14.9 Å². The number of carbonyl (C=O) groups excluding carboxylic acids is 1. The predicted molar refractivity (Wildman–Crippen MR) is 102 cm³/mol. The number of anilines is 1. The molecule has 3 aromatic rings. The van der Waals surface area contributed by atoms with Crippen molar-refractivity contribution < 1.29 is 9.72 Å². The highest BCUT2D eigenvalue weighted by molar-refractivity contribution is 5.94. The minimum absolute atomic E-state index is 0.0256. The van der Waals surface area contributed by atoms with E-state index in [2.05, 4.69) is 15.6 Å². The lowest BCUT2D eigenvalue weighted by atomic mass is 10.0. The van der Waals surface area contributed by atoms with Crippen molar-refractivity contribution in [2.75, 3.05) is 11.9 Å². The molecule has 7 nitrogen and oxygen atoms in total. The number of nitrogens with one attached hydrogen (secondary N) is 2. The molecule has 136 valence electrons. The first-order chi connectivity index (χ1) is 13.1. The fraction of sp³-hybridized carbons (Fsp3) is 0.100. The van der Waals surface area contributed by atoms with Crippen LogP contribution < -0.4 is 10.6 Å². The zero-order valence-corrected chi connectivity index (χ0v) is 14.4. The van der Waals surface area contributed by atoms with Crippen LogP contribution in [-0.4, -0.2) is 22.4 Å². The van der Waals surface area contributed by atoms with Gasteiger partial charge >= 0.3 is 0 Å². The number of aromatic nitrogens is 1. The van der Waals surface area contributed by atoms with E-state index in [0.29, 0.717) is 0 Å². The quantitative estimate of drug-likeness (QED) is 0.496. The smallest absolute Gasteiger partial charge is 0.292 e. The zero-order chi connectivity index (χ0) is 19.1. The minimum Gasteiger partial charge on any atom is -0.319 e. The molecular weight excluding hydrogens is 344 g/mol. The van der Waals surface area contributed by atoms with Gasteiger partial charge < -0.3 is 5.32 Å². The van der Waals surface area contributed by atoms with Crippen LogP contribution in [0, 0.1) is 10.1 Å². The maximum atomic E-state index is 12.3. The van der Waals surface area contributed by atoms with Crippen LogP contribution in [0.3, 0.4) is 0 Å². The highest BCUT2D eigenvalue weighted by Crippen LogP contribution is 2.23. The summed E-state index contributed by atoms with van der Waals surface area (Å²) in [6, 6.07) is 21.0. The lowest BCUT2D eigenvalue weighted by molar-refractivity contribution is -0.383. The Morgan fingerprint density at radius 3 is 2.41 bits per heavy atom. The van der Waals surface area contributed by atoms with Gasteiger partial charge in [-0.05, 0) is 23.8 Å². The standard InChI is InChI=1S/C20H18N4O3/c25-19(23-16-10-4-5-12-18(16)24(26)27)14-22-20(15-8-2-1-3-9-15)17-11-6-7-13-21-17/h1-13,20,22H,14H2,(H,23,25). The van der Waals surface area contributed by atoms with Crippen LogP contribution in [0.5, 0.6) is 0 Å². The summed E-state index contributed by atoms with van der Waals surface area (Å²) in [5.74, 6) is -0.374. The summed E-state index contributed by atoms with van der Waals surface area (Å²) in [7, 11) is 0. The molecule has 0 fully saturated rings. The molecule has 3 rings (SSSR count). The second kappa shape index (κ2) is 8.68. The van der Waals surface area contributed by atoms with Gasteiger partial charge in [0.15, 0.2) is 0 Å². The predicted octanol–water partition coefficient (Wildman–Crippen LogP) is 3.31. The second-order valence-corrected chi connectivity index (χ2v) is 5.80. The molecule has 0 saturated carbocycles. The number of hydrogen-bond acceptors (Lipinski definition) is 5. The number of para-hydroxylation sites is 2. The van der Waals surface area contributed by atoms with E-state index in [1.54, 1.807) is 18.3 Å². The van der Waals surface area contributed by atoms with E-state index in [4.69, 9.17) is 0 Å². The van der Waals surface area contributed by atoms with Crippen molar-refractivity contribution in [1.82, 2.24) is 10.3 Å². The highest BCUT2D eigenvalue weighted by atomic mass is 16.6. The lowest BCUT2D eigenvalue weighted by Gasteiger charge is -2.18. The molecule has 2 aromatic carbocycles. The minimum atomic E-state index is -0.524. The molecule has 0 aliphatic heterocycles. The topological polar surface area (TPSA) is 97.2 Å². The molecular formula is C20H18N4O3. The Morgan fingerprint density at radius 2 is 1.70 bits per heavy atom. The molecule has 27 heavy (non-hydrogen) atoms. The van der Waals surface area contributed by atoms with Gasteiger partial charge in [-0.25, -0.2) is 0 Å². The largest absolute Gasteiger partial charge is 0.319 e. The van der Waals surface area contributed by atoms with Gasteiger partial charge in [0.25, 0.3) is 5.69 Å². The SMILES string of the molecule is O=C(CNC(c1ccccc1)c1ccccn1)Nc1ccccc1[N+](=O)[O-]. The Kier molecular flexibility index (Phi) is 5.86. The molecule has 1 atom stereocenters. The van der Waals surface area contributed by atoms with Crippen molar-refractivity contribution >= 4 is 17.3 Å². The number of nitro benzene ring substituents is 1. The van der Waals surface area contributed by atoms with E-state index < -0.39 is 4.92 Å². The Bertz CT molecular complexity index is 877. The molecule has 0 aliphatic carbocycles. The molecule has 2 N–H and O–H groups in total. The first-order valence-electron chi connectivity index (χ1n) is 8.37. The molecule has 0 saturated heterocycles. The maximum Gasteiger partial charge on any atom is 0.292 e. The molecule has 1 aromatic heterocycles. The third kappa shape index (κ3) is 4.74. The summed E-state index contributed by atoms with van der Waals surface area (Å²) in [6.45, 7) is -0.0256. The van der Waals surface area contributed by atoms with Crippen molar-refractivity contribution in [3.63, 3.8) is 0 Å². The van der Waals surface area contributed by atoms with E-state index in [1.165, 1.54) is 12.1 Å². The van der Waals surface area contributed by atoms with Gasteiger partial charge in [0, 0.05) is 12.3 Å². The summed E-state index contributed by atoms with van der Waals surface area (Å²) in [5.41, 5.74) is 1.77. The van der Waals surface area contributed by atoms with Crippen LogP contribution >= 0.6 is 0 Å². The number of benzene rings is 2. The van der Waals surface area contributed by atoms with Crippen molar-refractivity contribution in [2.45, 2.75) is 6.04 Å². The molecule has 1 amide bonds. The van der Waals surface area contributed by atoms with Crippen LogP contribution in [0.15, 0.2) is 79.0 Å². The van der Waals surface area contributed by atoms with E-state index in [0.717, 1.165) is 11.3 Å². The summed E-state index contributed by atoms with van der Waals surface area (Å²) < 4.78 is 0. The summed E-state index contributed by atoms with van der Waals surface area (Å²) >= 11 is 0. The van der Waals surface area contributed by atoms with Crippen molar-refractivity contribution in [3.05, 3.63) is 100 Å². The molecule has 0 bridgehead atoms. The number of pyridine rings is 1. The van der Waals surface area contributed by atoms with Crippen molar-refractivity contribution in [3.8, 4) is 0 Å². The van der Waals surface area contributed by atoms with Gasteiger partial charge in [-0.1, -0.05) is 48.5 Å². The summed E-state index contributed by atoms with van der Waals surface area (Å²) in [5, 5.41) is 16.8. The lowest BCUT2D eigenvalue weighted by Crippen LogP contribution is -2.32. The van der Waals surface area contributed by atoms with Gasteiger partial charge in [-0.3, -0.25) is 25.2 Å². The number of nitrogens with zero attached hydrogens (tertiary/aromatic N) is 2. The first kappa shape index (κ1) is 18.2.